The van der Waals surface area contributed by atoms with Crippen LogP contribution in [-0.2, 0) is 9.59 Å². The van der Waals surface area contributed by atoms with Crippen molar-refractivity contribution in [3.8, 4) is 0 Å². The van der Waals surface area contributed by atoms with Gasteiger partial charge >= 0.3 is 18.9 Å². The molecule has 1 aromatic rings. The smallest absolute Gasteiger partial charge is 0.540 e. The molecule has 1 amide bonds. The topological polar surface area (TPSA) is 60.4 Å². The predicted molar refractivity (Wildman–Crippen MR) is 59.8 cm³/mol. The van der Waals surface area contributed by atoms with Gasteiger partial charge in [0, 0.05) is 6.54 Å². The van der Waals surface area contributed by atoms with Crippen LogP contribution >= 0.6 is 0 Å². The van der Waals surface area contributed by atoms with Gasteiger partial charge in [0.2, 0.25) is 0 Å². The summed E-state index contributed by atoms with van der Waals surface area (Å²) in [6, 6.07) is 9.40. The van der Waals surface area contributed by atoms with Gasteiger partial charge < -0.3 is 14.8 Å². The Bertz CT molecular complexity index is 422. The molecule has 2 rings (SSSR count). The van der Waals surface area contributed by atoms with E-state index in [1.54, 1.807) is 0 Å². The SMILES string of the molecule is O=C([O-])C(=O)N1CCCCC1c1ccccc1.[Li+]. The van der Waals surface area contributed by atoms with Crippen molar-refractivity contribution in [1.29, 1.82) is 0 Å². The minimum Gasteiger partial charge on any atom is -0.540 e. The van der Waals surface area contributed by atoms with E-state index >= 15 is 0 Å². The summed E-state index contributed by atoms with van der Waals surface area (Å²) in [5.74, 6) is -2.52. The Kier molecular flexibility index (Phi) is 5.45. The number of carboxylic acids is 1. The van der Waals surface area contributed by atoms with Crippen LogP contribution in [0.5, 0.6) is 0 Å². The Hall–Kier alpha value is -1.24. The molecule has 18 heavy (non-hydrogen) atoms. The fourth-order valence-corrected chi connectivity index (χ4v) is 2.31. The molecule has 1 aromatic carbocycles. The van der Waals surface area contributed by atoms with E-state index in [1.165, 1.54) is 4.90 Å². The summed E-state index contributed by atoms with van der Waals surface area (Å²) in [6.07, 6.45) is 2.67. The first kappa shape index (κ1) is 14.8. The summed E-state index contributed by atoms with van der Waals surface area (Å²) in [7, 11) is 0. The second kappa shape index (κ2) is 6.63. The van der Waals surface area contributed by atoms with Gasteiger partial charge in [-0.05, 0) is 24.8 Å². The fourth-order valence-electron chi connectivity index (χ4n) is 2.31. The average Bonchev–Trinajstić information content (AvgIpc) is 2.39. The molecule has 1 saturated heterocycles. The van der Waals surface area contributed by atoms with Gasteiger partial charge in [-0.25, -0.2) is 0 Å². The normalized spacial score (nSPS) is 18.9. The summed E-state index contributed by atoms with van der Waals surface area (Å²) in [5, 5.41) is 10.7. The number of nitrogens with zero attached hydrogens (tertiary/aromatic N) is 1. The van der Waals surface area contributed by atoms with E-state index < -0.39 is 11.9 Å². The molecule has 0 radical (unpaired) electrons. The van der Waals surface area contributed by atoms with Crippen LogP contribution in [0.4, 0.5) is 0 Å². The second-order valence-corrected chi connectivity index (χ2v) is 4.21. The second-order valence-electron chi connectivity index (χ2n) is 4.21. The van der Waals surface area contributed by atoms with Gasteiger partial charge in [-0.1, -0.05) is 30.3 Å². The number of carbonyl (C=O) groups excluding carboxylic acids is 2. The number of amides is 1. The average molecular weight is 239 g/mol. The first-order chi connectivity index (χ1) is 8.20. The van der Waals surface area contributed by atoms with Gasteiger partial charge in [-0.3, -0.25) is 4.79 Å². The Labute approximate surface area is 118 Å². The van der Waals surface area contributed by atoms with Crippen molar-refractivity contribution in [2.75, 3.05) is 6.54 Å². The van der Waals surface area contributed by atoms with Crippen LogP contribution in [0.1, 0.15) is 30.9 Å². The predicted octanol–water partition coefficient (Wildman–Crippen LogP) is -2.51. The van der Waals surface area contributed by atoms with E-state index in [4.69, 9.17) is 0 Å². The van der Waals surface area contributed by atoms with Crippen LogP contribution in [-0.4, -0.2) is 23.3 Å². The largest absolute Gasteiger partial charge is 1.00 e. The first-order valence-electron chi connectivity index (χ1n) is 5.77. The van der Waals surface area contributed by atoms with E-state index in [1.807, 2.05) is 30.3 Å². The van der Waals surface area contributed by atoms with E-state index in [2.05, 4.69) is 0 Å². The van der Waals surface area contributed by atoms with Gasteiger partial charge in [-0.2, -0.15) is 0 Å². The van der Waals surface area contributed by atoms with Crippen LogP contribution in [0.15, 0.2) is 30.3 Å². The van der Waals surface area contributed by atoms with Crippen LogP contribution in [0.25, 0.3) is 0 Å². The Morgan fingerprint density at radius 2 is 1.83 bits per heavy atom. The molecule has 0 N–H and O–H groups in total. The molecule has 1 unspecified atom stereocenters. The number of hydrogen-bond acceptors (Lipinski definition) is 3. The minimum atomic E-state index is -1.62. The summed E-state index contributed by atoms with van der Waals surface area (Å²) in [5.41, 5.74) is 0.988. The molecule has 0 spiro atoms. The number of likely N-dealkylation sites (tertiary alicyclic amines) is 1. The van der Waals surface area contributed by atoms with Gasteiger partial charge in [0.05, 0.1) is 6.04 Å². The number of carbonyl (C=O) groups is 2. The molecule has 1 heterocycles. The molecule has 1 aliphatic rings. The van der Waals surface area contributed by atoms with Crippen molar-refractivity contribution < 1.29 is 33.6 Å². The molecule has 1 aliphatic heterocycles. The van der Waals surface area contributed by atoms with Gasteiger partial charge in [0.25, 0.3) is 5.91 Å². The van der Waals surface area contributed by atoms with E-state index in [0.717, 1.165) is 24.8 Å². The van der Waals surface area contributed by atoms with Crippen molar-refractivity contribution in [3.63, 3.8) is 0 Å². The van der Waals surface area contributed by atoms with Gasteiger partial charge in [-0.15, -0.1) is 0 Å². The maximum atomic E-state index is 11.5. The van der Waals surface area contributed by atoms with Gasteiger partial charge in [0.15, 0.2) is 0 Å². The summed E-state index contributed by atoms with van der Waals surface area (Å²) >= 11 is 0. The number of aliphatic carboxylic acids is 1. The van der Waals surface area contributed by atoms with E-state index in [9.17, 15) is 14.7 Å². The van der Waals surface area contributed by atoms with E-state index in [0.29, 0.717) is 6.54 Å². The Morgan fingerprint density at radius 3 is 2.44 bits per heavy atom. The molecule has 90 valence electrons. The van der Waals surface area contributed by atoms with Crippen molar-refractivity contribution in [3.05, 3.63) is 35.9 Å². The number of rotatable bonds is 1. The maximum absolute atomic E-state index is 11.5. The quantitative estimate of drug-likeness (QED) is 0.402. The molecule has 5 heteroatoms. The number of carboxylic acid groups (broad SMARTS) is 1. The van der Waals surface area contributed by atoms with Crippen molar-refractivity contribution in [1.82, 2.24) is 4.90 Å². The van der Waals surface area contributed by atoms with Gasteiger partial charge in [0.1, 0.15) is 5.97 Å². The van der Waals surface area contributed by atoms with Crippen molar-refractivity contribution >= 4 is 11.9 Å². The Balaban J connectivity index is 0.00000162. The monoisotopic (exact) mass is 239 g/mol. The van der Waals surface area contributed by atoms with Crippen LogP contribution < -0.4 is 24.0 Å². The molecule has 0 bridgehead atoms. The number of benzene rings is 1. The molecule has 0 saturated carbocycles. The molecule has 0 aliphatic carbocycles. The first-order valence-corrected chi connectivity index (χ1v) is 5.77. The molecule has 4 nitrogen and oxygen atoms in total. The molecular weight excluding hydrogens is 225 g/mol. The van der Waals surface area contributed by atoms with Crippen LogP contribution in [0, 0.1) is 0 Å². The molecular formula is C13H14LiNO3. The number of hydrogen-bond donors (Lipinski definition) is 0. The zero-order chi connectivity index (χ0) is 12.3. The van der Waals surface area contributed by atoms with Crippen molar-refractivity contribution in [2.24, 2.45) is 0 Å². The van der Waals surface area contributed by atoms with Crippen LogP contribution in [0.2, 0.25) is 0 Å². The number of piperidine rings is 1. The van der Waals surface area contributed by atoms with Crippen molar-refractivity contribution in [2.45, 2.75) is 25.3 Å². The maximum Gasteiger partial charge on any atom is 1.00 e. The third-order valence-corrected chi connectivity index (χ3v) is 3.12. The Morgan fingerprint density at radius 1 is 1.17 bits per heavy atom. The molecule has 0 aromatic heterocycles. The van der Waals surface area contributed by atoms with Crippen LogP contribution in [0.3, 0.4) is 0 Å². The standard InChI is InChI=1S/C13H15NO3.Li/c15-12(13(16)17)14-9-5-4-8-11(14)10-6-2-1-3-7-10;/h1-3,6-7,11H,4-5,8-9H2,(H,16,17);/q;+1/p-1. The molecule has 1 atom stereocenters. The zero-order valence-electron chi connectivity index (χ0n) is 10.5. The summed E-state index contributed by atoms with van der Waals surface area (Å²) in [6.45, 7) is 0.492. The minimum absolute atomic E-state index is 0. The third kappa shape index (κ3) is 3.15. The summed E-state index contributed by atoms with van der Waals surface area (Å²) in [4.78, 5) is 23.6. The zero-order valence-corrected chi connectivity index (χ0v) is 10.5. The summed E-state index contributed by atoms with van der Waals surface area (Å²) < 4.78 is 0. The fraction of sp³-hybridized carbons (Fsp3) is 0.385. The molecule has 1 fully saturated rings. The van der Waals surface area contributed by atoms with E-state index in [-0.39, 0.29) is 24.9 Å². The third-order valence-electron chi connectivity index (χ3n) is 3.12.